The van der Waals surface area contributed by atoms with Gasteiger partial charge in [0.15, 0.2) is 0 Å². The van der Waals surface area contributed by atoms with Gasteiger partial charge < -0.3 is 9.47 Å². The first-order chi connectivity index (χ1) is 11.2. The minimum Gasteiger partial charge on any atom is -0.327 e. The van der Waals surface area contributed by atoms with Crippen LogP contribution in [0.2, 0.25) is 0 Å². The summed E-state index contributed by atoms with van der Waals surface area (Å²) < 4.78 is 4.10. The largest absolute Gasteiger partial charge is 0.327 e. The normalized spacial score (nSPS) is 17.3. The Hall–Kier alpha value is -2.41. The molecule has 0 N–H and O–H groups in total. The number of carbonyl (C=O) groups excluding carboxylic acids is 1. The number of amides is 1. The van der Waals surface area contributed by atoms with Crippen molar-refractivity contribution >= 4 is 17.2 Å². The zero-order valence-corrected chi connectivity index (χ0v) is 13.6. The lowest BCUT2D eigenvalue weighted by Crippen LogP contribution is -2.41. The van der Waals surface area contributed by atoms with Gasteiger partial charge in [-0.25, -0.2) is 4.98 Å². The van der Waals surface area contributed by atoms with E-state index in [9.17, 15) is 4.79 Å². The molecule has 1 amide bonds. The Bertz CT molecular complexity index is 806. The third kappa shape index (κ3) is 2.46. The fourth-order valence-electron chi connectivity index (χ4n) is 3.06. The van der Waals surface area contributed by atoms with Crippen LogP contribution in [0.3, 0.4) is 0 Å². The number of nitrogens with zero attached hydrogens (tertiary/aromatic N) is 5. The van der Waals surface area contributed by atoms with Crippen molar-refractivity contribution in [1.29, 1.82) is 0 Å². The van der Waals surface area contributed by atoms with Gasteiger partial charge in [-0.2, -0.15) is 5.10 Å². The van der Waals surface area contributed by atoms with E-state index >= 15 is 0 Å². The SMILES string of the molecule is C[C@H]1c2ncc(Cn3cccn3)n2CCN1C(=O)c1cccs1. The third-order valence-corrected chi connectivity index (χ3v) is 5.11. The van der Waals surface area contributed by atoms with Gasteiger partial charge in [-0.05, 0) is 24.4 Å². The van der Waals surface area contributed by atoms with Crippen molar-refractivity contribution < 1.29 is 4.79 Å². The van der Waals surface area contributed by atoms with Gasteiger partial charge in [-0.1, -0.05) is 6.07 Å². The Morgan fingerprint density at radius 1 is 1.39 bits per heavy atom. The first kappa shape index (κ1) is 14.2. The van der Waals surface area contributed by atoms with Crippen LogP contribution in [0.25, 0.3) is 0 Å². The molecule has 1 aliphatic rings. The lowest BCUT2D eigenvalue weighted by molar-refractivity contribution is 0.0641. The third-order valence-electron chi connectivity index (χ3n) is 4.25. The number of fused-ring (bicyclic) bond motifs is 1. The monoisotopic (exact) mass is 327 g/mol. The van der Waals surface area contributed by atoms with Gasteiger partial charge in [0.05, 0.1) is 29.4 Å². The Morgan fingerprint density at radius 2 is 2.30 bits per heavy atom. The molecule has 7 heteroatoms. The van der Waals surface area contributed by atoms with Crippen molar-refractivity contribution in [3.8, 4) is 0 Å². The highest BCUT2D eigenvalue weighted by atomic mass is 32.1. The molecule has 118 valence electrons. The second kappa shape index (κ2) is 5.66. The minimum absolute atomic E-state index is 0.0234. The molecule has 1 aliphatic heterocycles. The maximum atomic E-state index is 12.6. The topological polar surface area (TPSA) is 56.0 Å². The lowest BCUT2D eigenvalue weighted by atomic mass is 10.2. The van der Waals surface area contributed by atoms with E-state index < -0.39 is 0 Å². The summed E-state index contributed by atoms with van der Waals surface area (Å²) in [6.07, 6.45) is 5.61. The average molecular weight is 327 g/mol. The molecule has 0 fully saturated rings. The highest BCUT2D eigenvalue weighted by Gasteiger charge is 2.31. The van der Waals surface area contributed by atoms with Crippen molar-refractivity contribution in [2.45, 2.75) is 26.1 Å². The van der Waals surface area contributed by atoms with Gasteiger partial charge in [0, 0.05) is 25.5 Å². The summed E-state index contributed by atoms with van der Waals surface area (Å²) in [7, 11) is 0. The summed E-state index contributed by atoms with van der Waals surface area (Å²) in [5.74, 6) is 1.04. The summed E-state index contributed by atoms with van der Waals surface area (Å²) in [5.41, 5.74) is 1.12. The molecule has 0 spiro atoms. The second-order valence-electron chi connectivity index (χ2n) is 5.61. The molecule has 23 heavy (non-hydrogen) atoms. The van der Waals surface area contributed by atoms with Crippen LogP contribution in [0, 0.1) is 0 Å². The molecule has 0 aromatic carbocycles. The fourth-order valence-corrected chi connectivity index (χ4v) is 3.74. The second-order valence-corrected chi connectivity index (χ2v) is 6.56. The summed E-state index contributed by atoms with van der Waals surface area (Å²) in [4.78, 5) is 19.9. The summed E-state index contributed by atoms with van der Waals surface area (Å²) in [6, 6.07) is 5.68. The van der Waals surface area contributed by atoms with Crippen LogP contribution in [-0.4, -0.2) is 36.7 Å². The smallest absolute Gasteiger partial charge is 0.264 e. The quantitative estimate of drug-likeness (QED) is 0.742. The predicted octanol–water partition coefficient (Wildman–Crippen LogP) is 2.41. The van der Waals surface area contributed by atoms with Crippen LogP contribution in [0.15, 0.2) is 42.2 Å². The number of carbonyl (C=O) groups is 1. The Morgan fingerprint density at radius 3 is 3.04 bits per heavy atom. The van der Waals surface area contributed by atoms with E-state index in [2.05, 4.69) is 14.6 Å². The lowest BCUT2D eigenvalue weighted by Gasteiger charge is -2.34. The fraction of sp³-hybridized carbons (Fsp3) is 0.312. The van der Waals surface area contributed by atoms with Crippen molar-refractivity contribution in [2.24, 2.45) is 0 Å². The molecule has 0 bridgehead atoms. The van der Waals surface area contributed by atoms with E-state index in [1.54, 1.807) is 6.20 Å². The van der Waals surface area contributed by atoms with Crippen molar-refractivity contribution in [3.05, 3.63) is 58.6 Å². The van der Waals surface area contributed by atoms with Gasteiger partial charge >= 0.3 is 0 Å². The maximum absolute atomic E-state index is 12.6. The number of aromatic nitrogens is 4. The summed E-state index contributed by atoms with van der Waals surface area (Å²) in [6.45, 7) is 4.22. The van der Waals surface area contributed by atoms with Crippen LogP contribution in [0.1, 0.15) is 34.2 Å². The van der Waals surface area contributed by atoms with E-state index in [4.69, 9.17) is 0 Å². The maximum Gasteiger partial charge on any atom is 0.264 e. The predicted molar refractivity (Wildman–Crippen MR) is 87.3 cm³/mol. The molecule has 6 nitrogen and oxygen atoms in total. The van der Waals surface area contributed by atoms with Crippen LogP contribution >= 0.6 is 11.3 Å². The van der Waals surface area contributed by atoms with Crippen LogP contribution in [-0.2, 0) is 13.1 Å². The molecular weight excluding hydrogens is 310 g/mol. The van der Waals surface area contributed by atoms with Gasteiger partial charge in [0.2, 0.25) is 0 Å². The van der Waals surface area contributed by atoms with Gasteiger partial charge in [0.1, 0.15) is 5.82 Å². The molecule has 3 aromatic rings. The Kier molecular flexibility index (Phi) is 3.49. The summed E-state index contributed by atoms with van der Waals surface area (Å²) >= 11 is 1.49. The molecule has 0 saturated heterocycles. The molecule has 4 heterocycles. The molecule has 3 aromatic heterocycles. The van der Waals surface area contributed by atoms with Gasteiger partial charge in [0.25, 0.3) is 5.91 Å². The zero-order valence-electron chi connectivity index (χ0n) is 12.8. The molecule has 0 saturated carbocycles. The number of hydrogen-bond acceptors (Lipinski definition) is 4. The molecular formula is C16H17N5OS. The Labute approximate surface area is 138 Å². The average Bonchev–Trinajstić information content (AvgIpc) is 3.30. The highest BCUT2D eigenvalue weighted by Crippen LogP contribution is 2.28. The zero-order chi connectivity index (χ0) is 15.8. The number of rotatable bonds is 3. The molecule has 0 radical (unpaired) electrons. The number of imidazole rings is 1. The number of hydrogen-bond donors (Lipinski definition) is 0. The first-order valence-electron chi connectivity index (χ1n) is 7.60. The van der Waals surface area contributed by atoms with Crippen molar-refractivity contribution in [3.63, 3.8) is 0 Å². The van der Waals surface area contributed by atoms with Crippen molar-refractivity contribution in [1.82, 2.24) is 24.2 Å². The molecule has 4 rings (SSSR count). The van der Waals surface area contributed by atoms with E-state index in [1.165, 1.54) is 11.3 Å². The van der Waals surface area contributed by atoms with Crippen LogP contribution in [0.5, 0.6) is 0 Å². The highest BCUT2D eigenvalue weighted by molar-refractivity contribution is 7.12. The van der Waals surface area contributed by atoms with Crippen LogP contribution < -0.4 is 0 Å². The molecule has 0 unspecified atom stereocenters. The van der Waals surface area contributed by atoms with E-state index in [1.807, 2.05) is 52.5 Å². The molecule has 0 aliphatic carbocycles. The number of thiophene rings is 1. The van der Waals surface area contributed by atoms with Gasteiger partial charge in [-0.3, -0.25) is 9.48 Å². The van der Waals surface area contributed by atoms with Crippen molar-refractivity contribution in [2.75, 3.05) is 6.54 Å². The van der Waals surface area contributed by atoms with Crippen LogP contribution in [0.4, 0.5) is 0 Å². The van der Waals surface area contributed by atoms with E-state index in [0.717, 1.165) is 22.9 Å². The first-order valence-corrected chi connectivity index (χ1v) is 8.48. The summed E-state index contributed by atoms with van der Waals surface area (Å²) in [5, 5.41) is 6.18. The Balaban J connectivity index is 1.59. The van der Waals surface area contributed by atoms with E-state index in [-0.39, 0.29) is 11.9 Å². The standard InChI is InChI=1S/C16H17N5OS/c1-12-15-17-10-13(11-19-6-3-5-18-19)21(15)8-7-20(12)16(22)14-4-2-9-23-14/h2-6,9-10,12H,7-8,11H2,1H3/t12-/m0/s1. The van der Waals surface area contributed by atoms with E-state index in [0.29, 0.717) is 13.1 Å². The minimum atomic E-state index is -0.0234. The van der Waals surface area contributed by atoms with Gasteiger partial charge in [-0.15, -0.1) is 11.3 Å². The molecule has 1 atom stereocenters.